The van der Waals surface area contributed by atoms with Crippen molar-refractivity contribution >= 4 is 11.9 Å². The fraction of sp³-hybridized carbons (Fsp3) is 0.846. The van der Waals surface area contributed by atoms with Gasteiger partial charge in [0, 0.05) is 13.2 Å². The highest BCUT2D eigenvalue weighted by Crippen LogP contribution is 2.25. The van der Waals surface area contributed by atoms with Crippen molar-refractivity contribution in [1.29, 1.82) is 0 Å². The third kappa shape index (κ3) is 3.45. The lowest BCUT2D eigenvalue weighted by Gasteiger charge is -2.32. The van der Waals surface area contributed by atoms with E-state index >= 15 is 0 Å². The number of aliphatic carboxylic acids is 1. The summed E-state index contributed by atoms with van der Waals surface area (Å²) in [4.78, 5) is 23.0. The van der Waals surface area contributed by atoms with Gasteiger partial charge in [-0.15, -0.1) is 0 Å². The van der Waals surface area contributed by atoms with Gasteiger partial charge < -0.3 is 15.2 Å². The third-order valence-electron chi connectivity index (χ3n) is 3.96. The van der Waals surface area contributed by atoms with E-state index in [0.29, 0.717) is 19.3 Å². The maximum atomic E-state index is 12.1. The van der Waals surface area contributed by atoms with Crippen LogP contribution in [0.5, 0.6) is 0 Å². The van der Waals surface area contributed by atoms with Crippen LogP contribution in [-0.2, 0) is 14.3 Å². The van der Waals surface area contributed by atoms with Gasteiger partial charge in [-0.1, -0.05) is 13.3 Å². The van der Waals surface area contributed by atoms with Crippen molar-refractivity contribution in [3.63, 3.8) is 0 Å². The molecule has 0 aromatic rings. The lowest BCUT2D eigenvalue weighted by molar-refractivity contribution is -0.146. The molecule has 1 rings (SSSR count). The number of ether oxygens (including phenoxy) is 1. The summed E-state index contributed by atoms with van der Waals surface area (Å²) in [6, 6.07) is -0.0478. The molecular weight excluding hydrogens is 234 g/mol. The highest BCUT2D eigenvalue weighted by atomic mass is 16.5. The molecule has 5 heteroatoms. The summed E-state index contributed by atoms with van der Waals surface area (Å²) in [5.41, 5.74) is -0.823. The van der Waals surface area contributed by atoms with E-state index in [1.54, 1.807) is 6.92 Å². The van der Waals surface area contributed by atoms with Gasteiger partial charge in [0.15, 0.2) is 0 Å². The van der Waals surface area contributed by atoms with E-state index in [9.17, 15) is 9.59 Å². The molecule has 0 spiro atoms. The number of rotatable bonds is 5. The van der Waals surface area contributed by atoms with Crippen LogP contribution in [0.4, 0.5) is 0 Å². The van der Waals surface area contributed by atoms with Gasteiger partial charge in [-0.25, -0.2) is 0 Å². The molecule has 3 unspecified atom stereocenters. The predicted octanol–water partition coefficient (Wildman–Crippen LogP) is 1.56. The molecule has 0 bridgehead atoms. The SMILES string of the molecule is CCC(C)(OC)C(=O)NC1CCCC(C(=O)O)C1. The predicted molar refractivity (Wildman–Crippen MR) is 67.2 cm³/mol. The van der Waals surface area contributed by atoms with Crippen LogP contribution < -0.4 is 5.32 Å². The van der Waals surface area contributed by atoms with Gasteiger partial charge in [0.1, 0.15) is 5.60 Å². The Morgan fingerprint density at radius 3 is 2.61 bits per heavy atom. The fourth-order valence-corrected chi connectivity index (χ4v) is 2.28. The maximum absolute atomic E-state index is 12.1. The number of methoxy groups -OCH3 is 1. The van der Waals surface area contributed by atoms with Crippen molar-refractivity contribution in [2.75, 3.05) is 7.11 Å². The second-order valence-electron chi connectivity index (χ2n) is 5.16. The van der Waals surface area contributed by atoms with Crippen molar-refractivity contribution in [3.05, 3.63) is 0 Å². The topological polar surface area (TPSA) is 75.6 Å². The van der Waals surface area contributed by atoms with Crippen LogP contribution >= 0.6 is 0 Å². The Bertz CT molecular complexity index is 312. The zero-order valence-corrected chi connectivity index (χ0v) is 11.4. The molecule has 0 aromatic heterocycles. The van der Waals surface area contributed by atoms with Crippen molar-refractivity contribution < 1.29 is 19.4 Å². The number of nitrogens with one attached hydrogen (secondary N) is 1. The van der Waals surface area contributed by atoms with Crippen molar-refractivity contribution in [3.8, 4) is 0 Å². The number of carbonyl (C=O) groups is 2. The minimum absolute atomic E-state index is 0.0478. The lowest BCUT2D eigenvalue weighted by Crippen LogP contribution is -2.50. The summed E-state index contributed by atoms with van der Waals surface area (Å²) in [6.45, 7) is 3.64. The standard InChI is InChI=1S/C13H23NO4/c1-4-13(2,18-3)12(17)14-10-7-5-6-9(8-10)11(15)16/h9-10H,4-8H2,1-3H3,(H,14,17)(H,15,16). The third-order valence-corrected chi connectivity index (χ3v) is 3.96. The van der Waals surface area contributed by atoms with Crippen LogP contribution in [0.15, 0.2) is 0 Å². The van der Waals surface area contributed by atoms with Gasteiger partial charge in [0.25, 0.3) is 5.91 Å². The molecule has 1 fully saturated rings. The average Bonchev–Trinajstić information content (AvgIpc) is 2.38. The number of carboxylic acid groups (broad SMARTS) is 1. The van der Waals surface area contributed by atoms with E-state index in [1.807, 2.05) is 6.92 Å². The van der Waals surface area contributed by atoms with Gasteiger partial charge in [-0.05, 0) is 32.6 Å². The van der Waals surface area contributed by atoms with E-state index in [0.717, 1.165) is 12.8 Å². The molecule has 3 atom stereocenters. The van der Waals surface area contributed by atoms with Crippen molar-refractivity contribution in [1.82, 2.24) is 5.32 Å². The monoisotopic (exact) mass is 257 g/mol. The highest BCUT2D eigenvalue weighted by Gasteiger charge is 2.34. The Morgan fingerprint density at radius 1 is 1.44 bits per heavy atom. The molecule has 18 heavy (non-hydrogen) atoms. The maximum Gasteiger partial charge on any atom is 0.306 e. The second-order valence-corrected chi connectivity index (χ2v) is 5.16. The second kappa shape index (κ2) is 6.18. The Balaban J connectivity index is 2.57. The van der Waals surface area contributed by atoms with Crippen LogP contribution in [0.1, 0.15) is 46.0 Å². The number of carbonyl (C=O) groups excluding carboxylic acids is 1. The van der Waals surface area contributed by atoms with Crippen molar-refractivity contribution in [2.24, 2.45) is 5.92 Å². The molecule has 0 aromatic carbocycles. The van der Waals surface area contributed by atoms with Crippen LogP contribution in [0, 0.1) is 5.92 Å². The first-order valence-electron chi connectivity index (χ1n) is 6.52. The zero-order chi connectivity index (χ0) is 13.8. The largest absolute Gasteiger partial charge is 0.481 e. The summed E-state index contributed by atoms with van der Waals surface area (Å²) in [7, 11) is 1.52. The molecule has 1 aliphatic rings. The van der Waals surface area contributed by atoms with Crippen LogP contribution in [0.2, 0.25) is 0 Å². The number of carboxylic acids is 1. The van der Waals surface area contributed by atoms with E-state index in [2.05, 4.69) is 5.32 Å². The Morgan fingerprint density at radius 2 is 2.11 bits per heavy atom. The first kappa shape index (κ1) is 15.0. The fourth-order valence-electron chi connectivity index (χ4n) is 2.28. The van der Waals surface area contributed by atoms with Crippen LogP contribution in [0.25, 0.3) is 0 Å². The molecule has 1 amide bonds. The van der Waals surface area contributed by atoms with Gasteiger partial charge in [-0.3, -0.25) is 9.59 Å². The van der Waals surface area contributed by atoms with E-state index in [4.69, 9.17) is 9.84 Å². The van der Waals surface area contributed by atoms with E-state index < -0.39 is 11.6 Å². The molecule has 1 saturated carbocycles. The molecule has 0 heterocycles. The Kier molecular flexibility index (Phi) is 5.14. The summed E-state index contributed by atoms with van der Waals surface area (Å²) in [6.07, 6.45) is 3.50. The molecule has 1 aliphatic carbocycles. The molecule has 2 N–H and O–H groups in total. The van der Waals surface area contributed by atoms with Crippen LogP contribution in [-0.4, -0.2) is 35.7 Å². The highest BCUT2D eigenvalue weighted by molar-refractivity contribution is 5.85. The van der Waals surface area contributed by atoms with E-state index in [1.165, 1.54) is 7.11 Å². The average molecular weight is 257 g/mol. The first-order chi connectivity index (χ1) is 8.42. The van der Waals surface area contributed by atoms with Gasteiger partial charge >= 0.3 is 5.97 Å². The first-order valence-corrected chi connectivity index (χ1v) is 6.52. The molecule has 5 nitrogen and oxygen atoms in total. The summed E-state index contributed by atoms with van der Waals surface area (Å²) < 4.78 is 5.24. The Labute approximate surface area is 108 Å². The summed E-state index contributed by atoms with van der Waals surface area (Å²) in [5, 5.41) is 11.9. The number of hydrogen-bond acceptors (Lipinski definition) is 3. The Hall–Kier alpha value is -1.10. The van der Waals surface area contributed by atoms with Crippen LogP contribution in [0.3, 0.4) is 0 Å². The van der Waals surface area contributed by atoms with E-state index in [-0.39, 0.29) is 17.9 Å². The zero-order valence-electron chi connectivity index (χ0n) is 11.4. The van der Waals surface area contributed by atoms with Crippen molar-refractivity contribution in [2.45, 2.75) is 57.6 Å². The molecule has 0 saturated heterocycles. The number of hydrogen-bond donors (Lipinski definition) is 2. The quantitative estimate of drug-likeness (QED) is 0.783. The lowest BCUT2D eigenvalue weighted by atomic mass is 9.85. The minimum atomic E-state index is -0.823. The molecule has 104 valence electrons. The molecule has 0 radical (unpaired) electrons. The molecule has 0 aliphatic heterocycles. The summed E-state index contributed by atoms with van der Waals surface area (Å²) >= 11 is 0. The molecular formula is C13H23NO4. The normalized spacial score (nSPS) is 27.3. The minimum Gasteiger partial charge on any atom is -0.481 e. The van der Waals surface area contributed by atoms with Gasteiger partial charge in [0.05, 0.1) is 5.92 Å². The summed E-state index contributed by atoms with van der Waals surface area (Å²) in [5.74, 6) is -1.25. The van der Waals surface area contributed by atoms with Gasteiger partial charge in [0.2, 0.25) is 0 Å². The number of amides is 1. The smallest absolute Gasteiger partial charge is 0.306 e. The van der Waals surface area contributed by atoms with Gasteiger partial charge in [-0.2, -0.15) is 0 Å².